The van der Waals surface area contributed by atoms with Gasteiger partial charge in [-0.3, -0.25) is 10.1 Å². The number of esters is 1. The van der Waals surface area contributed by atoms with Crippen LogP contribution in [0, 0.1) is 17.0 Å². The Balaban J connectivity index is 2.16. The molecular weight excluding hydrogens is 328 g/mol. The van der Waals surface area contributed by atoms with Crippen molar-refractivity contribution in [2.45, 2.75) is 6.92 Å². The summed E-state index contributed by atoms with van der Waals surface area (Å²) in [6, 6.07) is 12.1. The number of carbonyl (C=O) groups is 1. The standard InChI is InChI=1S/C17H14N2O4S/c1-10-7-8-14-11(9-10)15(17(20)23-2)16(24-14)18-12-5-3-4-6-13(12)19(21)22/h3-9,18H,1-2H3. The van der Waals surface area contributed by atoms with E-state index in [2.05, 4.69) is 5.32 Å². The molecule has 1 N–H and O–H groups in total. The second-order valence-corrected chi connectivity index (χ2v) is 6.25. The van der Waals surface area contributed by atoms with Crippen molar-refractivity contribution in [1.82, 2.24) is 0 Å². The number of ether oxygens (including phenoxy) is 1. The summed E-state index contributed by atoms with van der Waals surface area (Å²) < 4.78 is 5.80. The molecule has 0 unspecified atom stereocenters. The topological polar surface area (TPSA) is 81.5 Å². The van der Waals surface area contributed by atoms with E-state index in [-0.39, 0.29) is 5.69 Å². The zero-order chi connectivity index (χ0) is 17.3. The van der Waals surface area contributed by atoms with E-state index in [9.17, 15) is 14.9 Å². The number of nitrogens with one attached hydrogen (secondary N) is 1. The number of thiophene rings is 1. The first-order chi connectivity index (χ1) is 11.5. The van der Waals surface area contributed by atoms with Gasteiger partial charge < -0.3 is 10.1 Å². The highest BCUT2D eigenvalue weighted by molar-refractivity contribution is 7.23. The predicted octanol–water partition coefficient (Wildman–Crippen LogP) is 4.65. The molecule has 0 bridgehead atoms. The number of carbonyl (C=O) groups excluding carboxylic acids is 1. The molecule has 24 heavy (non-hydrogen) atoms. The fourth-order valence-corrected chi connectivity index (χ4v) is 3.55. The summed E-state index contributed by atoms with van der Waals surface area (Å²) in [5.41, 5.74) is 1.68. The predicted molar refractivity (Wildman–Crippen MR) is 94.3 cm³/mol. The summed E-state index contributed by atoms with van der Waals surface area (Å²) in [6.45, 7) is 1.94. The van der Waals surface area contributed by atoms with Crippen LogP contribution in [0.4, 0.5) is 16.4 Å². The Morgan fingerprint density at radius 1 is 1.25 bits per heavy atom. The molecule has 0 fully saturated rings. The number of nitrogens with zero attached hydrogens (tertiary/aromatic N) is 1. The van der Waals surface area contributed by atoms with Gasteiger partial charge in [-0.05, 0) is 25.1 Å². The summed E-state index contributed by atoms with van der Waals surface area (Å²) in [5, 5.41) is 15.5. The summed E-state index contributed by atoms with van der Waals surface area (Å²) in [5.74, 6) is -0.479. The number of aryl methyl sites for hydroxylation is 1. The highest BCUT2D eigenvalue weighted by Crippen LogP contribution is 2.39. The number of para-hydroxylation sites is 2. The van der Waals surface area contributed by atoms with Crippen LogP contribution in [-0.2, 0) is 4.74 Å². The van der Waals surface area contributed by atoms with E-state index in [1.807, 2.05) is 25.1 Å². The largest absolute Gasteiger partial charge is 0.465 e. The third-order valence-electron chi connectivity index (χ3n) is 3.58. The van der Waals surface area contributed by atoms with Gasteiger partial charge in [0, 0.05) is 16.2 Å². The first kappa shape index (κ1) is 15.9. The third kappa shape index (κ3) is 2.81. The highest BCUT2D eigenvalue weighted by atomic mass is 32.1. The van der Waals surface area contributed by atoms with Crippen LogP contribution in [0.3, 0.4) is 0 Å². The molecule has 3 aromatic rings. The fraction of sp³-hybridized carbons (Fsp3) is 0.118. The summed E-state index contributed by atoms with van der Waals surface area (Å²) in [7, 11) is 1.32. The lowest BCUT2D eigenvalue weighted by Crippen LogP contribution is -2.04. The minimum absolute atomic E-state index is 0.0537. The van der Waals surface area contributed by atoms with E-state index in [1.54, 1.807) is 18.2 Å². The van der Waals surface area contributed by atoms with Crippen LogP contribution in [0.2, 0.25) is 0 Å². The molecule has 0 amide bonds. The maximum Gasteiger partial charge on any atom is 0.341 e. The van der Waals surface area contributed by atoms with E-state index in [0.29, 0.717) is 16.3 Å². The van der Waals surface area contributed by atoms with Gasteiger partial charge in [0.15, 0.2) is 0 Å². The SMILES string of the molecule is COC(=O)c1c(Nc2ccccc2[N+](=O)[O-])sc2ccc(C)cc12. The molecule has 2 aromatic carbocycles. The number of methoxy groups -OCH3 is 1. The average Bonchev–Trinajstić information content (AvgIpc) is 2.91. The molecule has 122 valence electrons. The van der Waals surface area contributed by atoms with Crippen LogP contribution in [0.15, 0.2) is 42.5 Å². The van der Waals surface area contributed by atoms with Crippen molar-refractivity contribution in [3.63, 3.8) is 0 Å². The number of hydrogen-bond acceptors (Lipinski definition) is 6. The molecule has 0 aliphatic rings. The van der Waals surface area contributed by atoms with Crippen molar-refractivity contribution in [2.75, 3.05) is 12.4 Å². The van der Waals surface area contributed by atoms with Gasteiger partial charge in [0.1, 0.15) is 16.3 Å². The second-order valence-electron chi connectivity index (χ2n) is 5.20. The number of nitro groups is 1. The number of nitro benzene ring substituents is 1. The molecule has 0 saturated heterocycles. The number of anilines is 2. The number of fused-ring (bicyclic) bond motifs is 1. The van der Waals surface area contributed by atoms with Crippen LogP contribution in [0.5, 0.6) is 0 Å². The molecule has 0 radical (unpaired) electrons. The average molecular weight is 342 g/mol. The van der Waals surface area contributed by atoms with Crippen molar-refractivity contribution >= 4 is 43.8 Å². The molecular formula is C17H14N2O4S. The Hall–Kier alpha value is -2.93. The van der Waals surface area contributed by atoms with Crippen molar-refractivity contribution in [2.24, 2.45) is 0 Å². The van der Waals surface area contributed by atoms with Gasteiger partial charge in [-0.1, -0.05) is 23.8 Å². The Morgan fingerprint density at radius 3 is 2.71 bits per heavy atom. The Labute approximate surface area is 141 Å². The highest BCUT2D eigenvalue weighted by Gasteiger charge is 2.22. The third-order valence-corrected chi connectivity index (χ3v) is 4.67. The molecule has 7 heteroatoms. The minimum Gasteiger partial charge on any atom is -0.465 e. The lowest BCUT2D eigenvalue weighted by atomic mass is 10.1. The fourth-order valence-electron chi connectivity index (χ4n) is 2.47. The summed E-state index contributed by atoms with van der Waals surface area (Å²) >= 11 is 1.36. The van der Waals surface area contributed by atoms with Crippen LogP contribution in [0.1, 0.15) is 15.9 Å². The molecule has 3 rings (SSSR count). The van der Waals surface area contributed by atoms with Crippen LogP contribution < -0.4 is 5.32 Å². The van der Waals surface area contributed by atoms with Crippen molar-refractivity contribution < 1.29 is 14.5 Å². The van der Waals surface area contributed by atoms with Gasteiger partial charge in [0.05, 0.1) is 12.0 Å². The summed E-state index contributed by atoms with van der Waals surface area (Å²) in [4.78, 5) is 23.0. The Morgan fingerprint density at radius 2 is 2.00 bits per heavy atom. The Bertz CT molecular complexity index is 949. The zero-order valence-corrected chi connectivity index (χ0v) is 13.8. The minimum atomic E-state index is -0.479. The van der Waals surface area contributed by atoms with Crippen molar-refractivity contribution in [3.8, 4) is 0 Å². The van der Waals surface area contributed by atoms with Gasteiger partial charge in [-0.2, -0.15) is 0 Å². The van der Waals surface area contributed by atoms with Gasteiger partial charge in [-0.15, -0.1) is 11.3 Å². The monoisotopic (exact) mass is 342 g/mol. The molecule has 1 heterocycles. The molecule has 0 spiro atoms. The molecule has 0 aliphatic carbocycles. The van der Waals surface area contributed by atoms with Crippen molar-refractivity contribution in [1.29, 1.82) is 0 Å². The zero-order valence-electron chi connectivity index (χ0n) is 13.0. The van der Waals surface area contributed by atoms with Gasteiger partial charge in [0.2, 0.25) is 0 Å². The van der Waals surface area contributed by atoms with E-state index >= 15 is 0 Å². The summed E-state index contributed by atoms with van der Waals surface area (Å²) in [6.07, 6.45) is 0. The number of rotatable bonds is 4. The second kappa shape index (κ2) is 6.29. The van der Waals surface area contributed by atoms with Crippen LogP contribution >= 0.6 is 11.3 Å². The van der Waals surface area contributed by atoms with Gasteiger partial charge >= 0.3 is 5.97 Å². The van der Waals surface area contributed by atoms with Crippen LogP contribution in [0.25, 0.3) is 10.1 Å². The van der Waals surface area contributed by atoms with E-state index in [4.69, 9.17) is 4.74 Å². The normalized spacial score (nSPS) is 10.6. The first-order valence-corrected chi connectivity index (χ1v) is 7.95. The lowest BCUT2D eigenvalue weighted by molar-refractivity contribution is -0.383. The molecule has 0 saturated carbocycles. The van der Waals surface area contributed by atoms with Crippen molar-refractivity contribution in [3.05, 3.63) is 63.7 Å². The molecule has 0 atom stereocenters. The van der Waals surface area contributed by atoms with Gasteiger partial charge in [-0.25, -0.2) is 4.79 Å². The molecule has 0 aliphatic heterocycles. The van der Waals surface area contributed by atoms with E-state index in [0.717, 1.165) is 15.6 Å². The lowest BCUT2D eigenvalue weighted by Gasteiger charge is -2.07. The van der Waals surface area contributed by atoms with Gasteiger partial charge in [0.25, 0.3) is 5.69 Å². The smallest absolute Gasteiger partial charge is 0.341 e. The molecule has 1 aromatic heterocycles. The maximum absolute atomic E-state index is 12.2. The first-order valence-electron chi connectivity index (χ1n) is 7.13. The maximum atomic E-state index is 12.2. The van der Waals surface area contributed by atoms with E-state index < -0.39 is 10.9 Å². The number of benzene rings is 2. The Kier molecular flexibility index (Phi) is 4.18. The van der Waals surface area contributed by atoms with E-state index in [1.165, 1.54) is 24.5 Å². The number of hydrogen-bond donors (Lipinski definition) is 1. The quantitative estimate of drug-likeness (QED) is 0.424. The molecule has 6 nitrogen and oxygen atoms in total. The van der Waals surface area contributed by atoms with Crippen LogP contribution in [-0.4, -0.2) is 18.0 Å².